The summed E-state index contributed by atoms with van der Waals surface area (Å²) in [6.45, 7) is 4.93. The lowest BCUT2D eigenvalue weighted by Gasteiger charge is -2.09. The van der Waals surface area contributed by atoms with Crippen LogP contribution in [0.25, 0.3) is 11.5 Å². The molecule has 2 aromatic carbocycles. The maximum absolute atomic E-state index is 11.4. The summed E-state index contributed by atoms with van der Waals surface area (Å²) in [5, 5.41) is 10.2. The lowest BCUT2D eigenvalue weighted by atomic mass is 10.2. The van der Waals surface area contributed by atoms with Gasteiger partial charge in [0.1, 0.15) is 0 Å². The zero-order valence-electron chi connectivity index (χ0n) is 20.3. The van der Waals surface area contributed by atoms with Crippen LogP contribution in [-0.2, 0) is 25.7 Å². The number of aromatic hydroxyl groups is 1. The van der Waals surface area contributed by atoms with Crippen LogP contribution in [0.4, 0.5) is 0 Å². The fourth-order valence-corrected chi connectivity index (χ4v) is 3.01. The molecule has 3 aromatic rings. The van der Waals surface area contributed by atoms with E-state index in [2.05, 4.69) is 9.98 Å². The summed E-state index contributed by atoms with van der Waals surface area (Å²) < 4.78 is 25.5. The number of aliphatic imine (C=N–C) groups is 1. The quantitative estimate of drug-likeness (QED) is 0.268. The van der Waals surface area contributed by atoms with Crippen LogP contribution in [0.3, 0.4) is 0 Å². The molecule has 0 unspecified atom stereocenters. The largest absolute Gasteiger partial charge is 0.479 e. The molecule has 3 rings (SSSR count). The number of rotatable bonds is 8. The first-order valence-electron chi connectivity index (χ1n) is 10.7. The van der Waals surface area contributed by atoms with Gasteiger partial charge in [0, 0.05) is 33.3 Å². The van der Waals surface area contributed by atoms with Gasteiger partial charge in [0.2, 0.25) is 5.89 Å². The van der Waals surface area contributed by atoms with Crippen LogP contribution in [0.2, 0.25) is 0 Å². The Morgan fingerprint density at radius 3 is 1.89 bits per heavy atom. The van der Waals surface area contributed by atoms with Gasteiger partial charge in [-0.1, -0.05) is 6.07 Å². The van der Waals surface area contributed by atoms with Gasteiger partial charge in [0.25, 0.3) is 0 Å². The highest BCUT2D eigenvalue weighted by Crippen LogP contribution is 2.34. The van der Waals surface area contributed by atoms with Crippen molar-refractivity contribution in [1.29, 1.82) is 0 Å². The third-order valence-electron chi connectivity index (χ3n) is 4.34. The predicted molar refractivity (Wildman–Crippen MR) is 127 cm³/mol. The third kappa shape index (κ3) is 7.49. The van der Waals surface area contributed by atoms with Crippen molar-refractivity contribution < 1.29 is 47.6 Å². The van der Waals surface area contributed by atoms with Crippen molar-refractivity contribution in [2.45, 2.75) is 34.2 Å². The Labute approximate surface area is 210 Å². The van der Waals surface area contributed by atoms with Crippen LogP contribution in [0.5, 0.6) is 28.9 Å². The van der Waals surface area contributed by atoms with Crippen molar-refractivity contribution >= 4 is 30.1 Å². The van der Waals surface area contributed by atoms with E-state index in [1.807, 2.05) is 0 Å². The van der Waals surface area contributed by atoms with Crippen LogP contribution in [0.15, 0.2) is 45.8 Å². The molecule has 0 saturated heterocycles. The predicted octanol–water partition coefficient (Wildman–Crippen LogP) is 3.37. The fourth-order valence-electron chi connectivity index (χ4n) is 3.01. The van der Waals surface area contributed by atoms with E-state index in [4.69, 9.17) is 23.4 Å². The van der Waals surface area contributed by atoms with Crippen molar-refractivity contribution in [3.05, 3.63) is 47.7 Å². The minimum atomic E-state index is -0.633. The van der Waals surface area contributed by atoms with E-state index < -0.39 is 29.8 Å². The van der Waals surface area contributed by atoms with Gasteiger partial charge in [-0.05, 0) is 35.9 Å². The van der Waals surface area contributed by atoms with E-state index in [1.54, 1.807) is 6.07 Å². The second kappa shape index (κ2) is 11.6. The number of carbonyl (C=O) groups is 4. The van der Waals surface area contributed by atoms with Gasteiger partial charge in [-0.15, -0.1) is 0 Å². The number of hydrogen-bond acceptors (Lipinski definition) is 12. The molecule has 0 aliphatic carbocycles. The van der Waals surface area contributed by atoms with Crippen LogP contribution < -0.4 is 18.9 Å². The maximum atomic E-state index is 11.4. The van der Waals surface area contributed by atoms with Gasteiger partial charge < -0.3 is 28.5 Å². The molecule has 12 heteroatoms. The molecule has 1 aromatic heterocycles. The highest BCUT2D eigenvalue weighted by atomic mass is 16.6. The van der Waals surface area contributed by atoms with E-state index in [1.165, 1.54) is 64.2 Å². The van der Waals surface area contributed by atoms with E-state index in [9.17, 15) is 24.3 Å². The number of aromatic nitrogens is 1. The molecule has 0 aliphatic heterocycles. The molecule has 1 N–H and O–H groups in total. The molecule has 0 saturated carbocycles. The number of nitrogens with zero attached hydrogens (tertiary/aromatic N) is 2. The Balaban J connectivity index is 1.81. The minimum Gasteiger partial charge on any atom is -0.479 e. The van der Waals surface area contributed by atoms with Gasteiger partial charge >= 0.3 is 29.8 Å². The summed E-state index contributed by atoms with van der Waals surface area (Å²) in [6.07, 6.45) is 1.27. The number of esters is 4. The smallest absolute Gasteiger partial charge is 0.312 e. The molecule has 0 bridgehead atoms. The zero-order chi connectivity index (χ0) is 27.1. The van der Waals surface area contributed by atoms with E-state index in [0.29, 0.717) is 11.1 Å². The first-order chi connectivity index (χ1) is 17.5. The lowest BCUT2D eigenvalue weighted by Crippen LogP contribution is -2.07. The van der Waals surface area contributed by atoms with E-state index in [0.717, 1.165) is 0 Å². The van der Waals surface area contributed by atoms with Gasteiger partial charge in [-0.25, -0.2) is 4.98 Å². The van der Waals surface area contributed by atoms with Crippen LogP contribution in [0, 0.1) is 0 Å². The Kier molecular flexibility index (Phi) is 8.35. The summed E-state index contributed by atoms with van der Waals surface area (Å²) in [5.74, 6) is -2.78. The van der Waals surface area contributed by atoms with Gasteiger partial charge in [0.05, 0.1) is 12.8 Å². The lowest BCUT2D eigenvalue weighted by molar-refractivity contribution is -0.134. The normalized spacial score (nSPS) is 10.7. The van der Waals surface area contributed by atoms with E-state index in [-0.39, 0.29) is 41.1 Å². The number of ether oxygens (including phenoxy) is 4. The number of carbonyl (C=O) groups excluding carboxylic acids is 4. The van der Waals surface area contributed by atoms with Crippen LogP contribution in [0.1, 0.15) is 39.0 Å². The van der Waals surface area contributed by atoms with Crippen molar-refractivity contribution in [2.24, 2.45) is 4.99 Å². The standard InChI is InChI=1S/C25H22N2O10/c1-13(28)33-20-7-5-17(9-22(20)35-15(3)30)11-26-12-19-25(32)37-24(27-19)18-6-8-21(34-14(2)29)23(10-18)36-16(4)31/h5-10,12,32H,11H2,1-4H3. The third-order valence-corrected chi connectivity index (χ3v) is 4.34. The van der Waals surface area contributed by atoms with Crippen molar-refractivity contribution in [3.8, 4) is 40.4 Å². The van der Waals surface area contributed by atoms with E-state index >= 15 is 0 Å². The Morgan fingerprint density at radius 1 is 0.811 bits per heavy atom. The second-order valence-electron chi connectivity index (χ2n) is 7.50. The molecule has 0 fully saturated rings. The average Bonchev–Trinajstić information content (AvgIpc) is 3.16. The number of oxazole rings is 1. The summed E-state index contributed by atoms with van der Waals surface area (Å²) in [7, 11) is 0. The molecule has 1 heterocycles. The summed E-state index contributed by atoms with van der Waals surface area (Å²) in [5.41, 5.74) is 0.956. The SMILES string of the molecule is CC(=O)Oc1ccc(CN=Cc2nc(-c3ccc(OC(C)=O)c(OC(C)=O)c3)oc2O)cc1OC(C)=O. The Hall–Kier alpha value is -5.00. The first-order valence-corrected chi connectivity index (χ1v) is 10.7. The molecule has 192 valence electrons. The average molecular weight is 510 g/mol. The summed E-state index contributed by atoms with van der Waals surface area (Å²) >= 11 is 0. The molecule has 0 aliphatic rings. The summed E-state index contributed by atoms with van der Waals surface area (Å²) in [6, 6.07) is 8.84. The Morgan fingerprint density at radius 2 is 1.32 bits per heavy atom. The number of benzene rings is 2. The molecule has 0 radical (unpaired) electrons. The van der Waals surface area contributed by atoms with Crippen molar-refractivity contribution in [1.82, 2.24) is 4.98 Å². The molecule has 0 amide bonds. The first kappa shape index (κ1) is 26.6. The topological polar surface area (TPSA) is 164 Å². The molecular weight excluding hydrogens is 488 g/mol. The fraction of sp³-hybridized carbons (Fsp3) is 0.200. The highest BCUT2D eigenvalue weighted by Gasteiger charge is 2.17. The molecule has 12 nitrogen and oxygen atoms in total. The highest BCUT2D eigenvalue weighted by molar-refractivity contribution is 5.81. The van der Waals surface area contributed by atoms with Gasteiger partial charge in [0.15, 0.2) is 28.7 Å². The molecule has 37 heavy (non-hydrogen) atoms. The molecular formula is C25H22N2O10. The maximum Gasteiger partial charge on any atom is 0.312 e. The van der Waals surface area contributed by atoms with Crippen molar-refractivity contribution in [2.75, 3.05) is 0 Å². The Bertz CT molecular complexity index is 1390. The molecule has 0 spiro atoms. The van der Waals surface area contributed by atoms with Gasteiger partial charge in [-0.2, -0.15) is 0 Å². The van der Waals surface area contributed by atoms with Crippen LogP contribution in [-0.4, -0.2) is 40.2 Å². The van der Waals surface area contributed by atoms with Gasteiger partial charge in [-0.3, -0.25) is 24.2 Å². The number of hydrogen-bond donors (Lipinski definition) is 1. The van der Waals surface area contributed by atoms with Crippen LogP contribution >= 0.6 is 0 Å². The minimum absolute atomic E-state index is 0.00962. The second-order valence-corrected chi connectivity index (χ2v) is 7.50. The summed E-state index contributed by atoms with van der Waals surface area (Å²) in [4.78, 5) is 53.8. The zero-order valence-corrected chi connectivity index (χ0v) is 20.3. The van der Waals surface area contributed by atoms with Crippen molar-refractivity contribution in [3.63, 3.8) is 0 Å². The monoisotopic (exact) mass is 510 g/mol. The molecule has 0 atom stereocenters.